The van der Waals surface area contributed by atoms with Crippen LogP contribution < -0.4 is 10.5 Å². The van der Waals surface area contributed by atoms with E-state index < -0.39 is 0 Å². The first kappa shape index (κ1) is 14.2. The van der Waals surface area contributed by atoms with Gasteiger partial charge in [-0.1, -0.05) is 0 Å². The molecule has 0 saturated heterocycles. The van der Waals surface area contributed by atoms with E-state index >= 15 is 0 Å². The summed E-state index contributed by atoms with van der Waals surface area (Å²) in [5, 5.41) is 0. The Morgan fingerprint density at radius 2 is 2.00 bits per heavy atom. The molecule has 2 aromatic carbocycles. The summed E-state index contributed by atoms with van der Waals surface area (Å²) in [6.07, 6.45) is 2.54. The van der Waals surface area contributed by atoms with Crippen molar-refractivity contribution < 1.29 is 4.74 Å². The van der Waals surface area contributed by atoms with E-state index in [4.69, 9.17) is 15.5 Å². The molecule has 6 heteroatoms. The van der Waals surface area contributed by atoms with Gasteiger partial charge in [-0.15, -0.1) is 0 Å². The fraction of sp³-hybridized carbons (Fsp3) is 0.211. The Morgan fingerprint density at radius 1 is 1.08 bits per heavy atom. The zero-order chi connectivity index (χ0) is 17.0. The van der Waals surface area contributed by atoms with Crippen LogP contribution in [0.3, 0.4) is 0 Å². The predicted molar refractivity (Wildman–Crippen MR) is 97.5 cm³/mol. The monoisotopic (exact) mass is 331 g/mol. The molecular formula is C19H17N5O. The fourth-order valence-electron chi connectivity index (χ4n) is 3.48. The molecule has 0 radical (unpaired) electrons. The Morgan fingerprint density at radius 3 is 2.92 bits per heavy atom. The van der Waals surface area contributed by atoms with Gasteiger partial charge in [0.25, 0.3) is 0 Å². The van der Waals surface area contributed by atoms with Crippen molar-refractivity contribution in [1.82, 2.24) is 19.5 Å². The summed E-state index contributed by atoms with van der Waals surface area (Å²) in [6.45, 7) is 3.67. The van der Waals surface area contributed by atoms with Crippen LogP contribution in [0.15, 0.2) is 36.5 Å². The highest BCUT2D eigenvalue weighted by Crippen LogP contribution is 2.34. The second-order valence-electron chi connectivity index (χ2n) is 6.42. The third-order valence-electron chi connectivity index (χ3n) is 4.55. The third-order valence-corrected chi connectivity index (χ3v) is 4.55. The maximum Gasteiger partial charge on any atom is 0.145 e. The van der Waals surface area contributed by atoms with E-state index in [1.54, 1.807) is 6.20 Å². The van der Waals surface area contributed by atoms with Gasteiger partial charge in [-0.3, -0.25) is 4.98 Å². The minimum Gasteiger partial charge on any atom is -0.491 e. The van der Waals surface area contributed by atoms with Crippen molar-refractivity contribution in [2.24, 2.45) is 0 Å². The molecule has 124 valence electrons. The summed E-state index contributed by atoms with van der Waals surface area (Å²) in [6, 6.07) is 10.2. The first-order valence-corrected chi connectivity index (χ1v) is 8.35. The molecule has 2 N–H and O–H groups in total. The number of rotatable bonds is 1. The minimum absolute atomic E-state index is 0.427. The second-order valence-corrected chi connectivity index (χ2v) is 6.42. The Kier molecular flexibility index (Phi) is 2.94. The smallest absolute Gasteiger partial charge is 0.145 e. The highest BCUT2D eigenvalue weighted by molar-refractivity contribution is 5.88. The van der Waals surface area contributed by atoms with Crippen molar-refractivity contribution in [2.45, 2.75) is 19.9 Å². The van der Waals surface area contributed by atoms with Crippen molar-refractivity contribution in [3.63, 3.8) is 0 Å². The van der Waals surface area contributed by atoms with Gasteiger partial charge in [0.2, 0.25) is 0 Å². The van der Waals surface area contributed by atoms with Crippen LogP contribution in [0.2, 0.25) is 0 Å². The summed E-state index contributed by atoms with van der Waals surface area (Å²) < 4.78 is 8.19. The van der Waals surface area contributed by atoms with Gasteiger partial charge in [-0.2, -0.15) is 0 Å². The van der Waals surface area contributed by atoms with E-state index in [0.717, 1.165) is 64.3 Å². The number of nitrogens with two attached hydrogens (primary N) is 1. The summed E-state index contributed by atoms with van der Waals surface area (Å²) in [7, 11) is 0. The molecule has 0 spiro atoms. The van der Waals surface area contributed by atoms with Crippen molar-refractivity contribution in [1.29, 1.82) is 0 Å². The van der Waals surface area contributed by atoms with Gasteiger partial charge in [-0.05, 0) is 49.2 Å². The van der Waals surface area contributed by atoms with Crippen LogP contribution in [0.4, 0.5) is 5.82 Å². The zero-order valence-electron chi connectivity index (χ0n) is 13.9. The number of anilines is 1. The number of aromatic nitrogens is 4. The number of aryl methyl sites for hydroxylation is 2. The average Bonchev–Trinajstić information content (AvgIpc) is 2.82. The highest BCUT2D eigenvalue weighted by Gasteiger charge is 2.19. The van der Waals surface area contributed by atoms with Gasteiger partial charge in [-0.25, -0.2) is 9.97 Å². The minimum atomic E-state index is 0.427. The molecule has 6 nitrogen and oxygen atoms in total. The van der Waals surface area contributed by atoms with Gasteiger partial charge in [0.1, 0.15) is 22.9 Å². The third kappa shape index (κ3) is 2.21. The molecular weight excluding hydrogens is 314 g/mol. The largest absolute Gasteiger partial charge is 0.491 e. The maximum atomic E-state index is 5.94. The van der Waals surface area contributed by atoms with Gasteiger partial charge < -0.3 is 15.0 Å². The number of nitrogen functional groups attached to an aromatic ring is 1. The molecule has 0 bridgehead atoms. The molecule has 1 aliphatic heterocycles. The van der Waals surface area contributed by atoms with E-state index in [9.17, 15) is 0 Å². The van der Waals surface area contributed by atoms with Crippen molar-refractivity contribution in [2.75, 3.05) is 12.3 Å². The number of fused-ring (bicyclic) bond motifs is 1. The van der Waals surface area contributed by atoms with Crippen LogP contribution in [0.1, 0.15) is 12.0 Å². The standard InChI is InChI=1S/C19H17N5O/c1-11-7-15-18-16(8-11)25-6-2-5-24(18)19(23-15)12-3-4-13-14(9-12)21-10-17(20)22-13/h3-4,7-10H,2,5-6H2,1H3,(H2,20,22). The number of hydrogen-bond acceptors (Lipinski definition) is 5. The topological polar surface area (TPSA) is 78.9 Å². The Hall–Kier alpha value is -3.15. The van der Waals surface area contributed by atoms with Crippen LogP contribution in [-0.4, -0.2) is 26.1 Å². The average molecular weight is 331 g/mol. The van der Waals surface area contributed by atoms with Crippen LogP contribution in [0.5, 0.6) is 5.75 Å². The van der Waals surface area contributed by atoms with Gasteiger partial charge in [0.15, 0.2) is 0 Å². The fourth-order valence-corrected chi connectivity index (χ4v) is 3.48. The van der Waals surface area contributed by atoms with Gasteiger partial charge >= 0.3 is 0 Å². The van der Waals surface area contributed by atoms with Crippen molar-refractivity contribution in [3.05, 3.63) is 42.1 Å². The normalized spacial score (nSPS) is 13.8. The molecule has 0 atom stereocenters. The van der Waals surface area contributed by atoms with Crippen molar-refractivity contribution >= 4 is 27.9 Å². The summed E-state index contributed by atoms with van der Waals surface area (Å²) in [5.74, 6) is 2.28. The molecule has 0 unspecified atom stereocenters. The van der Waals surface area contributed by atoms with E-state index in [2.05, 4.69) is 33.6 Å². The van der Waals surface area contributed by atoms with Crippen LogP contribution in [0, 0.1) is 6.92 Å². The molecule has 4 aromatic rings. The SMILES string of the molecule is Cc1cc2c3c(c1)nc(-c1ccc4nc(N)cnc4c1)n3CCCO2. The zero-order valence-corrected chi connectivity index (χ0v) is 13.9. The van der Waals surface area contributed by atoms with E-state index in [0.29, 0.717) is 5.82 Å². The lowest BCUT2D eigenvalue weighted by atomic mass is 10.1. The molecule has 5 rings (SSSR count). The molecule has 25 heavy (non-hydrogen) atoms. The number of imidazole rings is 1. The maximum absolute atomic E-state index is 5.94. The molecule has 0 aliphatic carbocycles. The summed E-state index contributed by atoms with van der Waals surface area (Å²) in [4.78, 5) is 13.6. The van der Waals surface area contributed by atoms with Crippen molar-refractivity contribution in [3.8, 4) is 17.1 Å². The lowest BCUT2D eigenvalue weighted by Crippen LogP contribution is -2.01. The van der Waals surface area contributed by atoms with Crippen LogP contribution in [-0.2, 0) is 6.54 Å². The van der Waals surface area contributed by atoms with Gasteiger partial charge in [0.05, 0.1) is 29.4 Å². The second kappa shape index (κ2) is 5.17. The molecule has 2 aromatic heterocycles. The predicted octanol–water partition coefficient (Wildman–Crippen LogP) is 3.32. The molecule has 0 saturated carbocycles. The number of hydrogen-bond donors (Lipinski definition) is 1. The number of nitrogens with zero attached hydrogens (tertiary/aromatic N) is 4. The lowest BCUT2D eigenvalue weighted by Gasteiger charge is -2.08. The van der Waals surface area contributed by atoms with E-state index in [-0.39, 0.29) is 0 Å². The molecule has 0 fully saturated rings. The Labute approximate surface area is 144 Å². The quantitative estimate of drug-likeness (QED) is 0.579. The van der Waals surface area contributed by atoms with Crippen LogP contribution in [0.25, 0.3) is 33.5 Å². The first-order valence-electron chi connectivity index (χ1n) is 8.35. The van der Waals surface area contributed by atoms with Gasteiger partial charge in [0, 0.05) is 12.1 Å². The van der Waals surface area contributed by atoms with E-state index in [1.807, 2.05) is 18.2 Å². The number of ether oxygens (including phenoxy) is 1. The molecule has 1 aliphatic rings. The lowest BCUT2D eigenvalue weighted by molar-refractivity contribution is 0.315. The van der Waals surface area contributed by atoms with E-state index in [1.165, 1.54) is 0 Å². The summed E-state index contributed by atoms with van der Waals surface area (Å²) >= 11 is 0. The highest BCUT2D eigenvalue weighted by atomic mass is 16.5. The van der Waals surface area contributed by atoms with Crippen LogP contribution >= 0.6 is 0 Å². The number of benzene rings is 2. The molecule has 3 heterocycles. The Balaban J connectivity index is 1.77. The molecule has 0 amide bonds. The Bertz CT molecular complexity index is 1130. The summed E-state index contributed by atoms with van der Waals surface area (Å²) in [5.41, 5.74) is 11.5. The first-order chi connectivity index (χ1) is 12.2.